The number of carbonyl (C=O) groups is 2. The zero-order chi connectivity index (χ0) is 12.0. The summed E-state index contributed by atoms with van der Waals surface area (Å²) in [6.45, 7) is 0. The number of hydrogen-bond donors (Lipinski definition) is 0. The van der Waals surface area contributed by atoms with Crippen molar-refractivity contribution in [3.05, 3.63) is 35.8 Å². The monoisotopic (exact) mass is 224 g/mol. The maximum Gasteiger partial charge on any atom is 0.338 e. The van der Waals surface area contributed by atoms with E-state index in [2.05, 4.69) is 9.47 Å². The molecule has 16 heavy (non-hydrogen) atoms. The first-order valence-electron chi connectivity index (χ1n) is 4.57. The van der Waals surface area contributed by atoms with Gasteiger partial charge in [0.25, 0.3) is 0 Å². The normalized spacial score (nSPS) is 23.4. The van der Waals surface area contributed by atoms with Crippen molar-refractivity contribution in [2.24, 2.45) is 0 Å². The minimum absolute atomic E-state index is 0.138. The van der Waals surface area contributed by atoms with E-state index in [0.717, 1.165) is 0 Å². The maximum absolute atomic E-state index is 11.5. The molecule has 0 saturated carbocycles. The van der Waals surface area contributed by atoms with Gasteiger partial charge in [-0.25, -0.2) is 9.59 Å². The van der Waals surface area contributed by atoms with E-state index in [-0.39, 0.29) is 17.6 Å². The molecule has 0 radical (unpaired) electrons. The Bertz CT molecular complexity index is 376. The van der Waals surface area contributed by atoms with Crippen LogP contribution >= 0.6 is 0 Å². The van der Waals surface area contributed by atoms with Gasteiger partial charge >= 0.3 is 11.9 Å². The first kappa shape index (κ1) is 12.0. The molecular weight excluding hydrogens is 212 g/mol. The summed E-state index contributed by atoms with van der Waals surface area (Å²) in [7, 11) is 2.50. The minimum Gasteiger partial charge on any atom is -0.473 e. The molecular formula is C11H12O5. The van der Waals surface area contributed by atoms with Crippen LogP contribution in [0.2, 0.25) is 0 Å². The molecule has 0 N–H and O–H groups in total. The molecule has 0 bridgehead atoms. The van der Waals surface area contributed by atoms with Crippen LogP contribution in [0, 0.1) is 0 Å². The van der Waals surface area contributed by atoms with E-state index in [1.165, 1.54) is 32.8 Å². The molecule has 0 fully saturated rings. The molecule has 1 aliphatic rings. The SMILES string of the molecule is COC(=O)C1=C(\C(=O)OC)C/C=C\O/C=C\1. The zero-order valence-corrected chi connectivity index (χ0v) is 9.06. The first-order valence-corrected chi connectivity index (χ1v) is 4.57. The molecule has 5 nitrogen and oxygen atoms in total. The van der Waals surface area contributed by atoms with Crippen molar-refractivity contribution >= 4 is 11.9 Å². The summed E-state index contributed by atoms with van der Waals surface area (Å²) in [5.41, 5.74) is 0.379. The summed E-state index contributed by atoms with van der Waals surface area (Å²) < 4.78 is 14.1. The lowest BCUT2D eigenvalue weighted by atomic mass is 10.0. The van der Waals surface area contributed by atoms with E-state index in [0.29, 0.717) is 0 Å². The van der Waals surface area contributed by atoms with E-state index in [9.17, 15) is 9.59 Å². The molecule has 0 unspecified atom stereocenters. The molecule has 0 amide bonds. The van der Waals surface area contributed by atoms with Gasteiger partial charge in [-0.3, -0.25) is 0 Å². The third-order valence-corrected chi connectivity index (χ3v) is 1.97. The van der Waals surface area contributed by atoms with Gasteiger partial charge in [0.15, 0.2) is 0 Å². The highest BCUT2D eigenvalue weighted by molar-refractivity contribution is 6.02. The topological polar surface area (TPSA) is 61.8 Å². The number of rotatable bonds is 2. The average Bonchev–Trinajstić information content (AvgIpc) is 2.27. The largest absolute Gasteiger partial charge is 0.473 e. The highest BCUT2D eigenvalue weighted by Gasteiger charge is 2.20. The molecule has 86 valence electrons. The second-order valence-electron chi connectivity index (χ2n) is 2.89. The number of hydrogen-bond acceptors (Lipinski definition) is 5. The Morgan fingerprint density at radius 3 is 2.50 bits per heavy atom. The van der Waals surface area contributed by atoms with Gasteiger partial charge in [-0.15, -0.1) is 0 Å². The van der Waals surface area contributed by atoms with E-state index >= 15 is 0 Å². The Morgan fingerprint density at radius 2 is 1.88 bits per heavy atom. The molecule has 0 aliphatic carbocycles. The Hall–Kier alpha value is -2.04. The number of allylic oxidation sites excluding steroid dienone is 1. The second kappa shape index (κ2) is 5.75. The van der Waals surface area contributed by atoms with Crippen LogP contribution in [0.5, 0.6) is 0 Å². The zero-order valence-electron chi connectivity index (χ0n) is 9.06. The number of methoxy groups -OCH3 is 2. The van der Waals surface area contributed by atoms with E-state index in [1.807, 2.05) is 0 Å². The quantitative estimate of drug-likeness (QED) is 0.657. The van der Waals surface area contributed by atoms with Crippen LogP contribution in [0.1, 0.15) is 6.42 Å². The molecule has 0 aromatic carbocycles. The van der Waals surface area contributed by atoms with Gasteiger partial charge in [0, 0.05) is 6.42 Å². The fraction of sp³-hybridized carbons (Fsp3) is 0.273. The fourth-order valence-corrected chi connectivity index (χ4v) is 1.20. The van der Waals surface area contributed by atoms with Crippen molar-refractivity contribution in [2.75, 3.05) is 14.2 Å². The number of ether oxygens (including phenoxy) is 3. The fourth-order valence-electron chi connectivity index (χ4n) is 1.20. The Kier molecular flexibility index (Phi) is 4.32. The predicted molar refractivity (Wildman–Crippen MR) is 55.0 cm³/mol. The van der Waals surface area contributed by atoms with Crippen LogP contribution in [0.4, 0.5) is 0 Å². The van der Waals surface area contributed by atoms with Gasteiger partial charge in [0.2, 0.25) is 0 Å². The third kappa shape index (κ3) is 2.73. The number of carbonyl (C=O) groups excluding carboxylic acids is 2. The smallest absolute Gasteiger partial charge is 0.338 e. The summed E-state index contributed by atoms with van der Waals surface area (Å²) in [5.74, 6) is -1.16. The lowest BCUT2D eigenvalue weighted by Gasteiger charge is -2.09. The minimum atomic E-state index is -0.601. The van der Waals surface area contributed by atoms with Crippen molar-refractivity contribution in [3.8, 4) is 0 Å². The maximum atomic E-state index is 11.5. The molecule has 0 aromatic heterocycles. The van der Waals surface area contributed by atoms with Crippen molar-refractivity contribution in [1.82, 2.24) is 0 Å². The molecule has 5 heteroatoms. The Balaban J connectivity index is 3.18. The van der Waals surface area contributed by atoms with Crippen LogP contribution in [-0.4, -0.2) is 26.2 Å². The van der Waals surface area contributed by atoms with Crippen LogP contribution in [0.25, 0.3) is 0 Å². The molecule has 1 aliphatic heterocycles. The average molecular weight is 224 g/mol. The molecule has 0 atom stereocenters. The van der Waals surface area contributed by atoms with Crippen molar-refractivity contribution in [1.29, 1.82) is 0 Å². The Morgan fingerprint density at radius 1 is 1.19 bits per heavy atom. The molecule has 0 saturated heterocycles. The van der Waals surface area contributed by atoms with Gasteiger partial charge in [-0.1, -0.05) is 0 Å². The van der Waals surface area contributed by atoms with Gasteiger partial charge in [-0.2, -0.15) is 0 Å². The molecule has 0 aromatic rings. The van der Waals surface area contributed by atoms with Gasteiger partial charge in [0.1, 0.15) is 0 Å². The van der Waals surface area contributed by atoms with Gasteiger partial charge < -0.3 is 14.2 Å². The second-order valence-corrected chi connectivity index (χ2v) is 2.89. The highest BCUT2D eigenvalue weighted by Crippen LogP contribution is 2.16. The lowest BCUT2D eigenvalue weighted by molar-refractivity contribution is -0.139. The summed E-state index contributed by atoms with van der Waals surface area (Å²) >= 11 is 0. The van der Waals surface area contributed by atoms with Gasteiger partial charge in [0.05, 0.1) is 37.9 Å². The molecule has 0 spiro atoms. The first-order chi connectivity index (χ1) is 7.70. The predicted octanol–water partition coefficient (Wildman–Crippen LogP) is 1.08. The summed E-state index contributed by atoms with van der Waals surface area (Å²) in [4.78, 5) is 22.9. The Labute approximate surface area is 93.0 Å². The lowest BCUT2D eigenvalue weighted by Crippen LogP contribution is -2.14. The van der Waals surface area contributed by atoms with E-state index < -0.39 is 11.9 Å². The molecule has 1 heterocycles. The van der Waals surface area contributed by atoms with Crippen LogP contribution in [0.15, 0.2) is 35.8 Å². The van der Waals surface area contributed by atoms with Crippen LogP contribution in [0.3, 0.4) is 0 Å². The standard InChI is InChI=1S/C11H12O5/c1-14-10(12)8-4-3-6-16-7-5-9(8)11(13)15-2/h3,5-7H,4H2,1-2H3/b6-3-,7-5-,9-8-. The van der Waals surface area contributed by atoms with Crippen molar-refractivity contribution in [3.63, 3.8) is 0 Å². The van der Waals surface area contributed by atoms with E-state index in [1.54, 1.807) is 6.08 Å². The summed E-state index contributed by atoms with van der Waals surface area (Å²) in [5, 5.41) is 0. The van der Waals surface area contributed by atoms with Crippen molar-refractivity contribution in [2.45, 2.75) is 6.42 Å². The van der Waals surface area contributed by atoms with E-state index in [4.69, 9.17) is 4.74 Å². The molecule has 1 rings (SSSR count). The number of esters is 2. The van der Waals surface area contributed by atoms with Crippen LogP contribution < -0.4 is 0 Å². The summed E-state index contributed by atoms with van der Waals surface area (Å²) in [6.07, 6.45) is 5.96. The third-order valence-electron chi connectivity index (χ3n) is 1.97. The van der Waals surface area contributed by atoms with Gasteiger partial charge in [-0.05, 0) is 12.2 Å². The van der Waals surface area contributed by atoms with Crippen molar-refractivity contribution < 1.29 is 23.8 Å². The highest BCUT2D eigenvalue weighted by atomic mass is 16.5. The van der Waals surface area contributed by atoms with Crippen LogP contribution in [-0.2, 0) is 23.8 Å². The summed E-state index contributed by atoms with van der Waals surface area (Å²) in [6, 6.07) is 0.